The van der Waals surface area contributed by atoms with Gasteiger partial charge in [0.15, 0.2) is 0 Å². The zero-order chi connectivity index (χ0) is 20.6. The Morgan fingerprint density at radius 3 is 2.59 bits per heavy atom. The summed E-state index contributed by atoms with van der Waals surface area (Å²) in [6.45, 7) is 8.69. The van der Waals surface area contributed by atoms with Crippen molar-refractivity contribution in [3.05, 3.63) is 11.3 Å². The predicted octanol–water partition coefficient (Wildman–Crippen LogP) is 2.55. The van der Waals surface area contributed by atoms with Gasteiger partial charge in [-0.05, 0) is 51.4 Å². The van der Waals surface area contributed by atoms with Gasteiger partial charge >= 0.3 is 0 Å². The number of carbonyl (C=O) groups excluding carboxylic acids is 1. The summed E-state index contributed by atoms with van der Waals surface area (Å²) in [7, 11) is 3.97. The summed E-state index contributed by atoms with van der Waals surface area (Å²) in [5.41, 5.74) is 2.47. The molecule has 0 saturated carbocycles. The SMILES string of the molecule is Cc1nc(N(C)C)nc(N2CCC3(CCC(=O)N(CC4CCCO4)C3)CC2)c1C. The van der Waals surface area contributed by atoms with Crippen molar-refractivity contribution < 1.29 is 9.53 Å². The zero-order valence-corrected chi connectivity index (χ0v) is 18.4. The Labute approximate surface area is 174 Å². The van der Waals surface area contributed by atoms with Crippen molar-refractivity contribution in [3.63, 3.8) is 0 Å². The van der Waals surface area contributed by atoms with E-state index in [1.165, 1.54) is 5.56 Å². The van der Waals surface area contributed by atoms with Crippen LogP contribution in [-0.2, 0) is 9.53 Å². The van der Waals surface area contributed by atoms with E-state index >= 15 is 0 Å². The molecule has 3 aliphatic rings. The number of hydrogen-bond donors (Lipinski definition) is 0. The summed E-state index contributed by atoms with van der Waals surface area (Å²) in [4.78, 5) is 28.5. The number of nitrogens with zero attached hydrogens (tertiary/aromatic N) is 5. The van der Waals surface area contributed by atoms with Crippen molar-refractivity contribution in [2.45, 2.75) is 58.5 Å². The highest BCUT2D eigenvalue weighted by Gasteiger charge is 2.42. The number of rotatable bonds is 4. The standard InChI is InChI=1S/C22H35N5O2/c1-16-17(2)23-21(25(3)4)24-20(16)26-11-9-22(10-12-26)8-7-19(28)27(15-22)14-18-6-5-13-29-18/h18H,5-15H2,1-4H3. The van der Waals surface area contributed by atoms with Gasteiger partial charge in [0.05, 0.1) is 6.10 Å². The van der Waals surface area contributed by atoms with Gasteiger partial charge in [-0.3, -0.25) is 4.79 Å². The van der Waals surface area contributed by atoms with Gasteiger partial charge in [0.1, 0.15) is 5.82 Å². The molecular weight excluding hydrogens is 366 g/mol. The molecule has 0 aliphatic carbocycles. The van der Waals surface area contributed by atoms with Gasteiger partial charge < -0.3 is 19.4 Å². The number of carbonyl (C=O) groups is 1. The maximum Gasteiger partial charge on any atom is 0.227 e. The number of likely N-dealkylation sites (tertiary alicyclic amines) is 1. The summed E-state index contributed by atoms with van der Waals surface area (Å²) >= 11 is 0. The largest absolute Gasteiger partial charge is 0.376 e. The number of amides is 1. The number of aryl methyl sites for hydroxylation is 1. The van der Waals surface area contributed by atoms with Crippen LogP contribution >= 0.6 is 0 Å². The minimum Gasteiger partial charge on any atom is -0.376 e. The minimum atomic E-state index is 0.241. The van der Waals surface area contributed by atoms with Gasteiger partial charge in [0.2, 0.25) is 11.9 Å². The smallest absolute Gasteiger partial charge is 0.227 e. The van der Waals surface area contributed by atoms with Crippen LogP contribution in [-0.4, -0.2) is 73.8 Å². The predicted molar refractivity (Wildman–Crippen MR) is 115 cm³/mol. The molecular formula is C22H35N5O2. The Morgan fingerprint density at radius 1 is 1.17 bits per heavy atom. The molecule has 4 rings (SSSR count). The highest BCUT2D eigenvalue weighted by Crippen LogP contribution is 2.41. The van der Waals surface area contributed by atoms with Gasteiger partial charge in [-0.2, -0.15) is 4.98 Å². The fourth-order valence-corrected chi connectivity index (χ4v) is 5.01. The normalized spacial score (nSPS) is 24.4. The first-order valence-corrected chi connectivity index (χ1v) is 11.0. The molecule has 1 aromatic rings. The van der Waals surface area contributed by atoms with Gasteiger partial charge in [-0.15, -0.1) is 0 Å². The number of piperidine rings is 2. The molecule has 3 fully saturated rings. The quantitative estimate of drug-likeness (QED) is 0.773. The van der Waals surface area contributed by atoms with Crippen molar-refractivity contribution >= 4 is 17.7 Å². The first-order chi connectivity index (χ1) is 13.9. The average Bonchev–Trinajstić information content (AvgIpc) is 3.21. The minimum absolute atomic E-state index is 0.241. The first kappa shape index (κ1) is 20.4. The van der Waals surface area contributed by atoms with Crippen LogP contribution in [0.3, 0.4) is 0 Å². The molecule has 1 amide bonds. The lowest BCUT2D eigenvalue weighted by molar-refractivity contribution is -0.140. The Kier molecular flexibility index (Phi) is 5.69. The summed E-state index contributed by atoms with van der Waals surface area (Å²) in [6, 6.07) is 0. The number of ether oxygens (including phenoxy) is 1. The summed E-state index contributed by atoms with van der Waals surface area (Å²) < 4.78 is 5.79. The van der Waals surface area contributed by atoms with Crippen LogP contribution in [0, 0.1) is 19.3 Å². The van der Waals surface area contributed by atoms with Gasteiger partial charge in [-0.25, -0.2) is 4.98 Å². The Morgan fingerprint density at radius 2 is 1.93 bits per heavy atom. The third-order valence-corrected chi connectivity index (χ3v) is 7.07. The van der Waals surface area contributed by atoms with E-state index in [0.29, 0.717) is 12.3 Å². The lowest BCUT2D eigenvalue weighted by Crippen LogP contribution is -2.53. The Bertz CT molecular complexity index is 752. The van der Waals surface area contributed by atoms with Crippen molar-refractivity contribution in [1.82, 2.24) is 14.9 Å². The zero-order valence-electron chi connectivity index (χ0n) is 18.4. The van der Waals surface area contributed by atoms with Gasteiger partial charge in [-0.1, -0.05) is 0 Å². The second-order valence-electron chi connectivity index (χ2n) is 9.35. The maximum atomic E-state index is 12.5. The summed E-state index contributed by atoms with van der Waals surface area (Å²) in [5.74, 6) is 2.15. The number of hydrogen-bond acceptors (Lipinski definition) is 6. The van der Waals surface area contributed by atoms with Gasteiger partial charge in [0, 0.05) is 64.6 Å². The highest BCUT2D eigenvalue weighted by molar-refractivity contribution is 5.77. The van der Waals surface area contributed by atoms with E-state index in [1.54, 1.807) is 0 Å². The van der Waals surface area contributed by atoms with Crippen molar-refractivity contribution in [1.29, 1.82) is 0 Å². The second kappa shape index (κ2) is 8.09. The second-order valence-corrected chi connectivity index (χ2v) is 9.35. The molecule has 1 aromatic heterocycles. The molecule has 0 N–H and O–H groups in total. The van der Waals surface area contributed by atoms with E-state index in [4.69, 9.17) is 9.72 Å². The molecule has 7 nitrogen and oxygen atoms in total. The van der Waals surface area contributed by atoms with Gasteiger partial charge in [0.25, 0.3) is 0 Å². The fourth-order valence-electron chi connectivity index (χ4n) is 5.01. The van der Waals surface area contributed by atoms with Crippen LogP contribution in [0.2, 0.25) is 0 Å². The molecule has 0 radical (unpaired) electrons. The summed E-state index contributed by atoms with van der Waals surface area (Å²) in [5, 5.41) is 0. The Balaban J connectivity index is 1.44. The molecule has 1 atom stereocenters. The topological polar surface area (TPSA) is 61.8 Å². The molecule has 4 heterocycles. The van der Waals surface area contributed by atoms with E-state index in [9.17, 15) is 4.79 Å². The van der Waals surface area contributed by atoms with Crippen LogP contribution in [0.1, 0.15) is 49.8 Å². The van der Waals surface area contributed by atoms with Crippen LogP contribution < -0.4 is 9.80 Å². The van der Waals surface area contributed by atoms with E-state index in [1.807, 2.05) is 19.0 Å². The fraction of sp³-hybridized carbons (Fsp3) is 0.773. The maximum absolute atomic E-state index is 12.5. The van der Waals surface area contributed by atoms with Crippen LogP contribution in [0.25, 0.3) is 0 Å². The lowest BCUT2D eigenvalue weighted by atomic mass is 9.72. The monoisotopic (exact) mass is 401 g/mol. The molecule has 1 unspecified atom stereocenters. The molecule has 3 saturated heterocycles. The highest BCUT2D eigenvalue weighted by atomic mass is 16.5. The van der Waals surface area contributed by atoms with E-state index in [2.05, 4.69) is 28.6 Å². The average molecular weight is 402 g/mol. The first-order valence-electron chi connectivity index (χ1n) is 11.0. The van der Waals surface area contributed by atoms with Crippen molar-refractivity contribution in [2.24, 2.45) is 5.41 Å². The van der Waals surface area contributed by atoms with Crippen LogP contribution in [0.5, 0.6) is 0 Å². The van der Waals surface area contributed by atoms with E-state index in [-0.39, 0.29) is 11.5 Å². The van der Waals surface area contributed by atoms with E-state index < -0.39 is 0 Å². The van der Waals surface area contributed by atoms with Crippen molar-refractivity contribution in [2.75, 3.05) is 56.7 Å². The molecule has 160 valence electrons. The third-order valence-electron chi connectivity index (χ3n) is 7.07. The van der Waals surface area contributed by atoms with Crippen LogP contribution in [0.4, 0.5) is 11.8 Å². The lowest BCUT2D eigenvalue weighted by Gasteiger charge is -2.48. The number of aromatic nitrogens is 2. The van der Waals surface area contributed by atoms with E-state index in [0.717, 1.165) is 82.4 Å². The van der Waals surface area contributed by atoms with Crippen LogP contribution in [0.15, 0.2) is 0 Å². The Hall–Kier alpha value is -1.89. The number of anilines is 2. The molecule has 0 aromatic carbocycles. The molecule has 3 aliphatic heterocycles. The molecule has 1 spiro atoms. The molecule has 29 heavy (non-hydrogen) atoms. The van der Waals surface area contributed by atoms with Crippen molar-refractivity contribution in [3.8, 4) is 0 Å². The molecule has 7 heteroatoms. The summed E-state index contributed by atoms with van der Waals surface area (Å²) in [6.07, 6.45) is 6.38. The molecule has 0 bridgehead atoms. The third kappa shape index (κ3) is 4.20.